The maximum absolute atomic E-state index is 14.1. The second-order valence-electron chi connectivity index (χ2n) is 10.4. The number of carboxylic acid groups (broad SMARTS) is 1. The van der Waals surface area contributed by atoms with Crippen LogP contribution in [0.25, 0.3) is 5.65 Å². The zero-order chi connectivity index (χ0) is 28.6. The van der Waals surface area contributed by atoms with Crippen molar-refractivity contribution in [3.05, 3.63) is 72.6 Å². The number of anilines is 4. The Hall–Kier alpha value is -4.45. The quantitative estimate of drug-likeness (QED) is 0.157. The molecule has 13 heteroatoms. The van der Waals surface area contributed by atoms with E-state index < -0.39 is 22.8 Å². The number of benzene rings is 1. The van der Waals surface area contributed by atoms with Crippen LogP contribution in [0.15, 0.2) is 61.1 Å². The second-order valence-corrected chi connectivity index (χ2v) is 11.1. The lowest BCUT2D eigenvalue weighted by molar-refractivity contribution is 0.102. The summed E-state index contributed by atoms with van der Waals surface area (Å²) < 4.78 is 15.5. The van der Waals surface area contributed by atoms with Gasteiger partial charge in [0.15, 0.2) is 23.0 Å². The van der Waals surface area contributed by atoms with Crippen molar-refractivity contribution < 1.29 is 19.1 Å². The number of hydrogen-bond donors (Lipinski definition) is 4. The van der Waals surface area contributed by atoms with Crippen LogP contribution in [0.4, 0.5) is 32.1 Å². The van der Waals surface area contributed by atoms with Crippen molar-refractivity contribution in [2.75, 3.05) is 20.9 Å². The normalized spacial score (nSPS) is 20.4. The van der Waals surface area contributed by atoms with Crippen LogP contribution in [-0.2, 0) is 0 Å². The number of pyridine rings is 1. The van der Waals surface area contributed by atoms with E-state index in [1.54, 1.807) is 12.1 Å². The lowest BCUT2D eigenvalue weighted by Gasteiger charge is -2.40. The van der Waals surface area contributed by atoms with E-state index in [1.807, 2.05) is 24.3 Å². The lowest BCUT2D eigenvalue weighted by atomic mass is 9.89. The van der Waals surface area contributed by atoms with Crippen LogP contribution < -0.4 is 20.9 Å². The number of rotatable bonds is 8. The Morgan fingerprint density at radius 2 is 1.83 bits per heavy atom. The summed E-state index contributed by atoms with van der Waals surface area (Å²) in [4.78, 5) is 33.8. The van der Waals surface area contributed by atoms with Gasteiger partial charge in [0.1, 0.15) is 5.00 Å². The number of fused-ring (bicyclic) bond motifs is 1. The average Bonchev–Trinajstić information content (AvgIpc) is 3.66. The Morgan fingerprint density at radius 3 is 2.51 bits per heavy atom. The number of amides is 2. The highest BCUT2D eigenvalue weighted by Gasteiger charge is 2.38. The first kappa shape index (κ1) is 26.8. The van der Waals surface area contributed by atoms with Crippen molar-refractivity contribution in [2.24, 2.45) is 0 Å². The van der Waals surface area contributed by atoms with Crippen LogP contribution in [0.5, 0.6) is 0 Å². The van der Waals surface area contributed by atoms with E-state index in [2.05, 4.69) is 31.0 Å². The Kier molecular flexibility index (Phi) is 7.08. The molecular formula is C28H28ClFN8O3. The monoisotopic (exact) mass is 578 g/mol. The summed E-state index contributed by atoms with van der Waals surface area (Å²) in [5, 5.41) is 23.8. The highest BCUT2D eigenvalue weighted by molar-refractivity contribution is 6.25. The van der Waals surface area contributed by atoms with Crippen LogP contribution in [0, 0.1) is 5.82 Å². The topological polar surface area (TPSA) is 137 Å². The number of carbonyl (C=O) groups excluding carboxylic acids is 1. The fourth-order valence-corrected chi connectivity index (χ4v) is 5.46. The van der Waals surface area contributed by atoms with Crippen LogP contribution >= 0.6 is 11.6 Å². The van der Waals surface area contributed by atoms with Crippen LogP contribution in [-0.4, -0.2) is 53.8 Å². The molecule has 6 rings (SSSR count). The molecular weight excluding hydrogens is 551 g/mol. The Morgan fingerprint density at radius 1 is 1.07 bits per heavy atom. The molecule has 212 valence electrons. The molecule has 0 saturated heterocycles. The smallest absolute Gasteiger partial charge is 0.412 e. The molecule has 4 aromatic rings. The number of aromatic nitrogens is 4. The molecule has 3 heterocycles. The molecule has 0 spiro atoms. The molecule has 2 fully saturated rings. The van der Waals surface area contributed by atoms with Gasteiger partial charge in [-0.15, -0.1) is 5.10 Å². The minimum absolute atomic E-state index is 0.00654. The molecule has 1 aromatic carbocycles. The SMILES string of the molecule is O=C(Nc1ccncc1F)c1cnc2c(NC3CC3)cc(N[C@]3(Cl)CC[C@@H](N(C(=O)O)c4ccccc4)CC3)nn12. The Labute approximate surface area is 239 Å². The van der Waals surface area contributed by atoms with Gasteiger partial charge in [0.2, 0.25) is 0 Å². The molecule has 0 bridgehead atoms. The maximum atomic E-state index is 14.1. The number of halogens is 2. The fourth-order valence-electron chi connectivity index (χ4n) is 5.14. The molecule has 3 aromatic heterocycles. The second kappa shape index (κ2) is 10.8. The van der Waals surface area contributed by atoms with Gasteiger partial charge in [0.25, 0.3) is 5.91 Å². The lowest BCUT2D eigenvalue weighted by Crippen LogP contribution is -2.46. The van der Waals surface area contributed by atoms with Crippen molar-refractivity contribution in [1.29, 1.82) is 0 Å². The number of nitrogens with zero attached hydrogens (tertiary/aromatic N) is 5. The zero-order valence-corrected chi connectivity index (χ0v) is 22.7. The highest BCUT2D eigenvalue weighted by Crippen LogP contribution is 2.39. The van der Waals surface area contributed by atoms with E-state index in [1.165, 1.54) is 27.9 Å². The molecule has 0 unspecified atom stereocenters. The summed E-state index contributed by atoms with van der Waals surface area (Å²) in [5.41, 5.74) is 1.88. The summed E-state index contributed by atoms with van der Waals surface area (Å²) in [5.74, 6) is -0.815. The Bertz CT molecular complexity index is 1590. The molecule has 2 aliphatic carbocycles. The summed E-state index contributed by atoms with van der Waals surface area (Å²) in [6.45, 7) is 0. The molecule has 2 aliphatic rings. The Balaban J connectivity index is 1.24. The van der Waals surface area contributed by atoms with Crippen LogP contribution in [0.2, 0.25) is 0 Å². The maximum Gasteiger partial charge on any atom is 0.412 e. The molecule has 0 atom stereocenters. The third kappa shape index (κ3) is 5.73. The fraction of sp³-hybridized carbons (Fsp3) is 0.321. The molecule has 0 aliphatic heterocycles. The predicted octanol–water partition coefficient (Wildman–Crippen LogP) is 5.56. The molecule has 4 N–H and O–H groups in total. The predicted molar refractivity (Wildman–Crippen MR) is 153 cm³/mol. The number of para-hydroxylation sites is 1. The summed E-state index contributed by atoms with van der Waals surface area (Å²) >= 11 is 7.04. The number of carbonyl (C=O) groups is 2. The summed E-state index contributed by atoms with van der Waals surface area (Å²) in [7, 11) is 0. The summed E-state index contributed by atoms with van der Waals surface area (Å²) in [6.07, 6.45) is 6.90. The van der Waals surface area contributed by atoms with Crippen molar-refractivity contribution in [1.82, 2.24) is 19.6 Å². The minimum Gasteiger partial charge on any atom is -0.465 e. The van der Waals surface area contributed by atoms with Crippen molar-refractivity contribution >= 4 is 52.1 Å². The van der Waals surface area contributed by atoms with Crippen molar-refractivity contribution in [3.8, 4) is 0 Å². The van der Waals surface area contributed by atoms with Crippen molar-refractivity contribution in [2.45, 2.75) is 55.6 Å². The largest absolute Gasteiger partial charge is 0.465 e. The average molecular weight is 579 g/mol. The first-order valence-corrected chi connectivity index (χ1v) is 13.8. The zero-order valence-electron chi connectivity index (χ0n) is 21.9. The number of imidazole rings is 1. The van der Waals surface area contributed by atoms with Gasteiger partial charge in [-0.25, -0.2) is 18.7 Å². The van der Waals surface area contributed by atoms with E-state index in [4.69, 9.17) is 11.6 Å². The van der Waals surface area contributed by atoms with E-state index in [9.17, 15) is 19.1 Å². The van der Waals surface area contributed by atoms with Gasteiger partial charge in [0, 0.05) is 30.0 Å². The van der Waals surface area contributed by atoms with Gasteiger partial charge >= 0.3 is 6.09 Å². The number of hydrogen-bond acceptors (Lipinski definition) is 7. The van der Waals surface area contributed by atoms with E-state index >= 15 is 0 Å². The minimum atomic E-state index is -1.00. The number of nitrogens with one attached hydrogen (secondary N) is 3. The van der Waals surface area contributed by atoms with E-state index in [0.29, 0.717) is 54.6 Å². The molecule has 2 amide bonds. The standard InChI is InChI=1S/C28H28ClFN8O3/c29-28(11-8-19(9-12-28)37(27(40)41)18-4-2-1-3-5-18)35-24-14-22(33-17-6-7-17)25-32-16-23(38(25)36-24)26(39)34-21-10-13-31-15-20(21)30/h1-5,10,13-17,19,33H,6-9,11-12H2,(H,35,36)(H,40,41)(H,31,34,39)/t19-,28-. The molecule has 41 heavy (non-hydrogen) atoms. The van der Waals surface area contributed by atoms with Gasteiger partial charge < -0.3 is 21.1 Å². The molecule has 11 nitrogen and oxygen atoms in total. The summed E-state index contributed by atoms with van der Waals surface area (Å²) in [6, 6.07) is 12.3. The van der Waals surface area contributed by atoms with Crippen molar-refractivity contribution in [3.63, 3.8) is 0 Å². The highest BCUT2D eigenvalue weighted by atomic mass is 35.5. The first-order valence-electron chi connectivity index (χ1n) is 13.4. The number of alkyl halides is 1. The van der Waals surface area contributed by atoms with Crippen LogP contribution in [0.3, 0.4) is 0 Å². The molecule has 2 saturated carbocycles. The van der Waals surface area contributed by atoms with Gasteiger partial charge in [-0.1, -0.05) is 29.8 Å². The van der Waals surface area contributed by atoms with Gasteiger partial charge in [-0.2, -0.15) is 0 Å². The van der Waals surface area contributed by atoms with E-state index in [-0.39, 0.29) is 17.4 Å². The van der Waals surface area contributed by atoms with Crippen LogP contribution in [0.1, 0.15) is 49.0 Å². The third-order valence-electron chi connectivity index (χ3n) is 7.36. The molecule has 0 radical (unpaired) electrons. The van der Waals surface area contributed by atoms with Gasteiger partial charge in [-0.3, -0.25) is 14.7 Å². The third-order valence-corrected chi connectivity index (χ3v) is 7.84. The van der Waals surface area contributed by atoms with Gasteiger partial charge in [0.05, 0.1) is 23.8 Å². The van der Waals surface area contributed by atoms with Gasteiger partial charge in [-0.05, 0) is 56.7 Å². The van der Waals surface area contributed by atoms with E-state index in [0.717, 1.165) is 19.0 Å². The first-order chi connectivity index (χ1) is 19.8.